The van der Waals surface area contributed by atoms with Gasteiger partial charge in [0.2, 0.25) is 5.91 Å². The zero-order valence-electron chi connectivity index (χ0n) is 12.2. The largest absolute Gasteiger partial charge is 0.381 e. The van der Waals surface area contributed by atoms with E-state index in [-0.39, 0.29) is 5.91 Å². The Morgan fingerprint density at radius 2 is 2.14 bits per heavy atom. The molecular weight excluding hydrogens is 286 g/mol. The number of carbonyl (C=O) groups excluding carboxylic acids is 1. The summed E-state index contributed by atoms with van der Waals surface area (Å²) in [6.45, 7) is 1.68. The van der Waals surface area contributed by atoms with Gasteiger partial charge in [0.15, 0.2) is 0 Å². The summed E-state index contributed by atoms with van der Waals surface area (Å²) in [6, 6.07) is 8.08. The van der Waals surface area contributed by atoms with E-state index in [1.807, 2.05) is 24.3 Å². The highest BCUT2D eigenvalue weighted by molar-refractivity contribution is 6.30. The molecule has 1 spiro atoms. The number of ether oxygens (including phenoxy) is 1. The van der Waals surface area contributed by atoms with Crippen molar-refractivity contribution in [3.05, 3.63) is 34.9 Å². The summed E-state index contributed by atoms with van der Waals surface area (Å²) in [4.78, 5) is 12.2. The molecule has 0 aromatic heterocycles. The molecule has 1 amide bonds. The third kappa shape index (κ3) is 3.41. The third-order valence-corrected chi connectivity index (χ3v) is 5.26. The molecule has 1 atom stereocenters. The van der Waals surface area contributed by atoms with E-state index in [1.54, 1.807) is 0 Å². The molecule has 114 valence electrons. The van der Waals surface area contributed by atoms with Crippen LogP contribution >= 0.6 is 11.6 Å². The van der Waals surface area contributed by atoms with Crippen molar-refractivity contribution in [2.45, 2.75) is 44.6 Å². The topological polar surface area (TPSA) is 38.3 Å². The first-order valence-corrected chi connectivity index (χ1v) is 8.17. The summed E-state index contributed by atoms with van der Waals surface area (Å²) in [5.74, 6) is 0.158. The second kappa shape index (κ2) is 6.37. The highest BCUT2D eigenvalue weighted by Crippen LogP contribution is 2.48. The average Bonchev–Trinajstić information content (AvgIpc) is 2.50. The fourth-order valence-electron chi connectivity index (χ4n) is 3.52. The fourth-order valence-corrected chi connectivity index (χ4v) is 3.73. The predicted molar refractivity (Wildman–Crippen MR) is 83.4 cm³/mol. The zero-order chi connectivity index (χ0) is 14.7. The van der Waals surface area contributed by atoms with Gasteiger partial charge in [-0.15, -0.1) is 0 Å². The molecule has 1 aliphatic carbocycles. The average molecular weight is 308 g/mol. The first kappa shape index (κ1) is 14.9. The first-order valence-electron chi connectivity index (χ1n) is 7.80. The van der Waals surface area contributed by atoms with Crippen molar-refractivity contribution >= 4 is 17.5 Å². The summed E-state index contributed by atoms with van der Waals surface area (Å²) >= 11 is 5.96. The Bertz CT molecular complexity index is 511. The fraction of sp³-hybridized carbons (Fsp3) is 0.588. The Hall–Kier alpha value is -1.06. The van der Waals surface area contributed by atoms with Crippen LogP contribution in [0.1, 0.15) is 37.7 Å². The molecule has 21 heavy (non-hydrogen) atoms. The van der Waals surface area contributed by atoms with Gasteiger partial charge in [0.1, 0.15) is 0 Å². The Balaban J connectivity index is 1.48. The van der Waals surface area contributed by atoms with E-state index in [4.69, 9.17) is 16.3 Å². The highest BCUT2D eigenvalue weighted by atomic mass is 35.5. The van der Waals surface area contributed by atoms with Gasteiger partial charge < -0.3 is 10.1 Å². The molecule has 1 saturated heterocycles. The van der Waals surface area contributed by atoms with Crippen LogP contribution in [0.25, 0.3) is 0 Å². The maximum atomic E-state index is 12.2. The van der Waals surface area contributed by atoms with Gasteiger partial charge in [-0.1, -0.05) is 23.7 Å². The van der Waals surface area contributed by atoms with Crippen LogP contribution in [0.5, 0.6) is 0 Å². The lowest BCUT2D eigenvalue weighted by molar-refractivity contribution is -0.127. The second-order valence-electron chi connectivity index (χ2n) is 6.26. The minimum Gasteiger partial charge on any atom is -0.381 e. The molecule has 1 saturated carbocycles. The molecule has 1 aromatic carbocycles. The van der Waals surface area contributed by atoms with E-state index in [1.165, 1.54) is 6.42 Å². The van der Waals surface area contributed by atoms with E-state index < -0.39 is 0 Å². The number of hydrogen-bond donors (Lipinski definition) is 1. The van der Waals surface area contributed by atoms with Gasteiger partial charge in [-0.2, -0.15) is 0 Å². The molecule has 4 heteroatoms. The monoisotopic (exact) mass is 307 g/mol. The second-order valence-corrected chi connectivity index (χ2v) is 6.70. The SMILES string of the molecule is O=C(CCc1cccc(Cl)c1)NC1CCC12CCOCC2. The van der Waals surface area contributed by atoms with E-state index in [0.29, 0.717) is 17.9 Å². The number of halogens is 1. The summed E-state index contributed by atoms with van der Waals surface area (Å²) in [6.07, 6.45) is 5.80. The molecule has 3 rings (SSSR count). The molecular formula is C17H22ClNO2. The van der Waals surface area contributed by atoms with Crippen LogP contribution in [0.4, 0.5) is 0 Å². The van der Waals surface area contributed by atoms with E-state index >= 15 is 0 Å². The van der Waals surface area contributed by atoms with E-state index in [2.05, 4.69) is 5.32 Å². The molecule has 0 radical (unpaired) electrons. The Labute approximate surface area is 131 Å². The summed E-state index contributed by atoms with van der Waals surface area (Å²) in [5.41, 5.74) is 1.44. The van der Waals surface area contributed by atoms with Gasteiger partial charge in [0.25, 0.3) is 0 Å². The van der Waals surface area contributed by atoms with Crippen molar-refractivity contribution in [1.29, 1.82) is 0 Å². The molecule has 3 nitrogen and oxygen atoms in total. The van der Waals surface area contributed by atoms with Crippen LogP contribution in [0.2, 0.25) is 5.02 Å². The molecule has 2 aliphatic rings. The summed E-state index contributed by atoms with van der Waals surface area (Å²) < 4.78 is 5.45. The van der Waals surface area contributed by atoms with Crippen molar-refractivity contribution in [3.63, 3.8) is 0 Å². The quantitative estimate of drug-likeness (QED) is 0.926. The molecule has 0 bridgehead atoms. The Morgan fingerprint density at radius 1 is 1.33 bits per heavy atom. The number of rotatable bonds is 4. The van der Waals surface area contributed by atoms with Crippen LogP contribution in [0, 0.1) is 5.41 Å². The van der Waals surface area contributed by atoms with Crippen molar-refractivity contribution < 1.29 is 9.53 Å². The summed E-state index contributed by atoms with van der Waals surface area (Å²) in [5, 5.41) is 3.96. The lowest BCUT2D eigenvalue weighted by Gasteiger charge is -2.52. The van der Waals surface area contributed by atoms with Gasteiger partial charge in [0.05, 0.1) is 0 Å². The predicted octanol–water partition coefficient (Wildman–Crippen LogP) is 3.35. The van der Waals surface area contributed by atoms with Crippen molar-refractivity contribution in [2.75, 3.05) is 13.2 Å². The maximum absolute atomic E-state index is 12.2. The van der Waals surface area contributed by atoms with Gasteiger partial charge in [-0.3, -0.25) is 4.79 Å². The first-order chi connectivity index (χ1) is 10.2. The van der Waals surface area contributed by atoms with E-state index in [9.17, 15) is 4.79 Å². The molecule has 2 fully saturated rings. The molecule has 1 aromatic rings. The van der Waals surface area contributed by atoms with Crippen molar-refractivity contribution in [1.82, 2.24) is 5.32 Å². The number of benzene rings is 1. The minimum atomic E-state index is 0.158. The molecule has 1 aliphatic heterocycles. The lowest BCUT2D eigenvalue weighted by Crippen LogP contribution is -2.57. The van der Waals surface area contributed by atoms with Crippen LogP contribution < -0.4 is 5.32 Å². The Morgan fingerprint density at radius 3 is 2.81 bits per heavy atom. The number of amides is 1. The van der Waals surface area contributed by atoms with Gasteiger partial charge in [-0.05, 0) is 55.2 Å². The molecule has 1 heterocycles. The van der Waals surface area contributed by atoms with Gasteiger partial charge >= 0.3 is 0 Å². The number of nitrogens with one attached hydrogen (secondary N) is 1. The highest BCUT2D eigenvalue weighted by Gasteiger charge is 2.47. The summed E-state index contributed by atoms with van der Waals surface area (Å²) in [7, 11) is 0. The Kier molecular flexibility index (Phi) is 4.51. The normalized spacial score (nSPS) is 23.6. The maximum Gasteiger partial charge on any atom is 0.220 e. The number of carbonyl (C=O) groups is 1. The number of hydrogen-bond acceptors (Lipinski definition) is 2. The smallest absolute Gasteiger partial charge is 0.220 e. The van der Waals surface area contributed by atoms with Crippen molar-refractivity contribution in [3.8, 4) is 0 Å². The van der Waals surface area contributed by atoms with Crippen LogP contribution in [-0.2, 0) is 16.0 Å². The molecule has 1 unspecified atom stereocenters. The van der Waals surface area contributed by atoms with Crippen LogP contribution in [-0.4, -0.2) is 25.2 Å². The third-order valence-electron chi connectivity index (χ3n) is 5.02. The van der Waals surface area contributed by atoms with Crippen molar-refractivity contribution in [2.24, 2.45) is 5.41 Å². The number of aryl methyl sites for hydroxylation is 1. The zero-order valence-corrected chi connectivity index (χ0v) is 13.0. The van der Waals surface area contributed by atoms with Crippen LogP contribution in [0.3, 0.4) is 0 Å². The van der Waals surface area contributed by atoms with E-state index in [0.717, 1.165) is 49.5 Å². The van der Waals surface area contributed by atoms with Crippen LogP contribution in [0.15, 0.2) is 24.3 Å². The van der Waals surface area contributed by atoms with Gasteiger partial charge in [-0.25, -0.2) is 0 Å². The standard InChI is InChI=1S/C17H22ClNO2/c18-14-3-1-2-13(12-14)4-5-16(20)19-15-6-7-17(15)8-10-21-11-9-17/h1-3,12,15H,4-11H2,(H,19,20). The minimum absolute atomic E-state index is 0.158. The van der Waals surface area contributed by atoms with Gasteiger partial charge in [0, 0.05) is 30.7 Å². The lowest BCUT2D eigenvalue weighted by atomic mass is 9.60. The molecule has 1 N–H and O–H groups in total.